The Morgan fingerprint density at radius 2 is 2.21 bits per heavy atom. The summed E-state index contributed by atoms with van der Waals surface area (Å²) in [6.45, 7) is 2.01. The molecule has 2 heterocycles. The van der Waals surface area contributed by atoms with E-state index in [1.54, 1.807) is 4.68 Å². The summed E-state index contributed by atoms with van der Waals surface area (Å²) in [7, 11) is 0. The first-order valence-corrected chi connectivity index (χ1v) is 5.82. The van der Waals surface area contributed by atoms with Gasteiger partial charge in [0.25, 0.3) is 0 Å². The lowest BCUT2D eigenvalue weighted by molar-refractivity contribution is -0.208. The van der Waals surface area contributed by atoms with Gasteiger partial charge in [0.15, 0.2) is 5.82 Å². The van der Waals surface area contributed by atoms with E-state index in [0.29, 0.717) is 5.92 Å². The van der Waals surface area contributed by atoms with Crippen LogP contribution in [0.3, 0.4) is 0 Å². The molecule has 0 bridgehead atoms. The van der Waals surface area contributed by atoms with Crippen LogP contribution in [0.4, 0.5) is 13.2 Å². The Hall–Kier alpha value is -1.64. The zero-order valence-electron chi connectivity index (χ0n) is 10.1. The first kappa shape index (κ1) is 13.8. The molecule has 3 rings (SSSR count). The highest BCUT2D eigenvalue weighted by molar-refractivity contribution is 5.75. The highest BCUT2D eigenvalue weighted by Gasteiger charge is 2.42. The number of rotatable bonds is 2. The van der Waals surface area contributed by atoms with Gasteiger partial charge in [-0.25, -0.2) is 4.79 Å². The Morgan fingerprint density at radius 1 is 1.53 bits per heavy atom. The number of carbonyl (C=O) groups is 1. The normalized spacial score (nSPS) is 23.6. The van der Waals surface area contributed by atoms with Gasteiger partial charge < -0.3 is 4.84 Å². The largest absolute Gasteiger partial charge is 0.492 e. The fourth-order valence-corrected chi connectivity index (χ4v) is 1.79. The van der Waals surface area contributed by atoms with Gasteiger partial charge in [0.1, 0.15) is 0 Å². The topological polar surface area (TPSA) is 69.0 Å². The molecule has 3 aliphatic rings. The number of hydroxylamine groups is 1. The molecule has 0 aromatic rings. The minimum atomic E-state index is -4.92. The van der Waals surface area contributed by atoms with Crippen LogP contribution in [-0.2, 0) is 9.63 Å². The van der Waals surface area contributed by atoms with Gasteiger partial charge in [0, 0.05) is 6.04 Å². The van der Waals surface area contributed by atoms with Crippen molar-refractivity contribution in [2.75, 3.05) is 0 Å². The van der Waals surface area contributed by atoms with Crippen LogP contribution in [0.25, 0.3) is 5.82 Å². The lowest BCUT2D eigenvalue weighted by atomic mass is 10.1. The Bertz CT molecular complexity index is 436. The second kappa shape index (κ2) is 5.16. The van der Waals surface area contributed by atoms with Crippen molar-refractivity contribution in [2.45, 2.75) is 38.4 Å². The monoisotopic (exact) mass is 278 g/mol. The zero-order chi connectivity index (χ0) is 14.0. The Balaban J connectivity index is 0.000000215. The van der Waals surface area contributed by atoms with E-state index in [1.165, 1.54) is 0 Å². The number of aromatic nitrogens is 3. The van der Waals surface area contributed by atoms with Crippen molar-refractivity contribution in [3.8, 4) is 5.82 Å². The number of halogens is 3. The van der Waals surface area contributed by atoms with E-state index >= 15 is 0 Å². The molecule has 2 unspecified atom stereocenters. The third kappa shape index (κ3) is 3.91. The smallest absolute Gasteiger partial charge is 0.363 e. The van der Waals surface area contributed by atoms with Crippen molar-refractivity contribution in [2.24, 2.45) is 5.92 Å². The summed E-state index contributed by atoms with van der Waals surface area (Å²) in [6.07, 6.45) is -0.629. The van der Waals surface area contributed by atoms with Crippen LogP contribution < -0.4 is 5.48 Å². The maximum Gasteiger partial charge on any atom is 0.492 e. The Labute approximate surface area is 106 Å². The average molecular weight is 278 g/mol. The molecule has 6 nitrogen and oxygen atoms in total. The molecule has 1 N–H and O–H groups in total. The van der Waals surface area contributed by atoms with Crippen LogP contribution in [0.5, 0.6) is 0 Å². The van der Waals surface area contributed by atoms with Gasteiger partial charge in [-0.05, 0) is 25.2 Å². The highest BCUT2D eigenvalue weighted by Crippen LogP contribution is 2.25. The molecule has 0 saturated heterocycles. The molecule has 0 amide bonds. The standard InChI is InChI=1S/C8H12F3NO2.C2HN3/c1-5-2-3-6(4-5)12-14-7(13)8(9,10)11;1-2-3-4-5(1)2/h5-6,12H,2-4H2,1H3;1H. The van der Waals surface area contributed by atoms with Gasteiger partial charge in [0.2, 0.25) is 0 Å². The predicted octanol–water partition coefficient (Wildman–Crippen LogP) is 1.37. The van der Waals surface area contributed by atoms with Crippen molar-refractivity contribution in [3.63, 3.8) is 0 Å². The van der Waals surface area contributed by atoms with Crippen LogP contribution in [0.15, 0.2) is 6.20 Å². The van der Waals surface area contributed by atoms with Gasteiger partial charge in [-0.1, -0.05) is 12.1 Å². The van der Waals surface area contributed by atoms with Gasteiger partial charge in [-0.2, -0.15) is 17.9 Å². The molecular formula is C10H13F3N4O2. The molecule has 9 heteroatoms. The van der Waals surface area contributed by atoms with E-state index in [-0.39, 0.29) is 6.04 Å². The summed E-state index contributed by atoms with van der Waals surface area (Å²) < 4.78 is 36.8. The van der Waals surface area contributed by atoms with Crippen LogP contribution >= 0.6 is 0 Å². The van der Waals surface area contributed by atoms with Gasteiger partial charge in [-0.15, -0.1) is 10.6 Å². The summed E-state index contributed by atoms with van der Waals surface area (Å²) in [6, 6.07) is -0.142. The zero-order valence-corrected chi connectivity index (χ0v) is 10.1. The Kier molecular flexibility index (Phi) is 3.74. The van der Waals surface area contributed by atoms with Crippen molar-refractivity contribution in [1.29, 1.82) is 0 Å². The summed E-state index contributed by atoms with van der Waals surface area (Å²) in [5, 5.41) is 7.06. The maximum absolute atomic E-state index is 11.7. The number of hydrogen-bond donors (Lipinski definition) is 1. The number of nitrogens with zero attached hydrogens (tertiary/aromatic N) is 3. The number of hydrogen-bond acceptors (Lipinski definition) is 5. The quantitative estimate of drug-likeness (QED) is 0.840. The minimum absolute atomic E-state index is 0.142. The number of carbonyl (C=O) groups excluding carboxylic acids is 1. The van der Waals surface area contributed by atoms with E-state index in [9.17, 15) is 18.0 Å². The van der Waals surface area contributed by atoms with Crippen molar-refractivity contribution in [3.05, 3.63) is 6.20 Å². The van der Waals surface area contributed by atoms with Crippen molar-refractivity contribution < 1.29 is 22.8 Å². The number of nitrogens with one attached hydrogen (secondary N) is 1. The average Bonchev–Trinajstić information content (AvgIpc) is 2.72. The second-order valence-corrected chi connectivity index (χ2v) is 4.64. The van der Waals surface area contributed by atoms with E-state index in [1.807, 2.05) is 13.1 Å². The lowest BCUT2D eigenvalue weighted by Gasteiger charge is -2.12. The molecule has 0 aromatic heterocycles. The molecule has 19 heavy (non-hydrogen) atoms. The predicted molar refractivity (Wildman–Crippen MR) is 57.0 cm³/mol. The Morgan fingerprint density at radius 3 is 2.53 bits per heavy atom. The number of alkyl halides is 3. The van der Waals surface area contributed by atoms with E-state index in [2.05, 4.69) is 20.6 Å². The second-order valence-electron chi connectivity index (χ2n) is 4.64. The van der Waals surface area contributed by atoms with Crippen LogP contribution in [0.1, 0.15) is 26.2 Å². The van der Waals surface area contributed by atoms with Gasteiger partial charge in [0.05, 0.1) is 6.20 Å². The molecule has 2 atom stereocenters. The third-order valence-electron chi connectivity index (χ3n) is 2.89. The fourth-order valence-electron chi connectivity index (χ4n) is 1.79. The molecule has 2 aliphatic heterocycles. The molecule has 1 aliphatic carbocycles. The van der Waals surface area contributed by atoms with Gasteiger partial charge in [-0.3, -0.25) is 0 Å². The van der Waals surface area contributed by atoms with Crippen LogP contribution in [0, 0.1) is 5.92 Å². The van der Waals surface area contributed by atoms with Crippen LogP contribution in [0.2, 0.25) is 0 Å². The van der Waals surface area contributed by atoms with Crippen molar-refractivity contribution >= 4 is 5.97 Å². The van der Waals surface area contributed by atoms with E-state index < -0.39 is 12.1 Å². The molecule has 0 radical (unpaired) electrons. The maximum atomic E-state index is 11.7. The minimum Gasteiger partial charge on any atom is -0.363 e. The van der Waals surface area contributed by atoms with E-state index in [4.69, 9.17) is 0 Å². The molecule has 1 fully saturated rings. The molecular weight excluding hydrogens is 265 g/mol. The molecule has 0 aromatic carbocycles. The molecule has 106 valence electrons. The third-order valence-corrected chi connectivity index (χ3v) is 2.89. The first-order chi connectivity index (χ1) is 8.86. The number of fused-ring (bicyclic) bond motifs is 1. The highest BCUT2D eigenvalue weighted by atomic mass is 19.4. The summed E-state index contributed by atoms with van der Waals surface area (Å²) in [5.41, 5.74) is 2.15. The van der Waals surface area contributed by atoms with Gasteiger partial charge >= 0.3 is 12.1 Å². The lowest BCUT2D eigenvalue weighted by Crippen LogP contribution is -2.35. The van der Waals surface area contributed by atoms with E-state index in [0.717, 1.165) is 25.1 Å². The summed E-state index contributed by atoms with van der Waals surface area (Å²) in [4.78, 5) is 14.2. The fraction of sp³-hybridized carbons (Fsp3) is 0.700. The summed E-state index contributed by atoms with van der Waals surface area (Å²) in [5.74, 6) is -0.695. The summed E-state index contributed by atoms with van der Waals surface area (Å²) >= 11 is 0. The molecule has 1 saturated carbocycles. The SMILES string of the molecule is CC1CCC(NOC(=O)C(F)(F)F)C1.c1c2nnn1-2. The molecule has 0 spiro atoms. The van der Waals surface area contributed by atoms with Crippen LogP contribution in [-0.4, -0.2) is 33.2 Å². The van der Waals surface area contributed by atoms with Crippen molar-refractivity contribution in [1.82, 2.24) is 20.5 Å². The first-order valence-electron chi connectivity index (χ1n) is 5.82.